The predicted molar refractivity (Wildman–Crippen MR) is 87.1 cm³/mol. The Hall–Kier alpha value is -2.73. The minimum Gasteiger partial charge on any atom is -0.343 e. The molecule has 0 fully saturated rings. The van der Waals surface area contributed by atoms with Gasteiger partial charge in [0.15, 0.2) is 0 Å². The number of aryl methyl sites for hydroxylation is 1. The predicted octanol–water partition coefficient (Wildman–Crippen LogP) is 3.77. The Morgan fingerprint density at radius 2 is 2.00 bits per heavy atom. The first-order valence-corrected chi connectivity index (χ1v) is 7.54. The fourth-order valence-corrected chi connectivity index (χ4v) is 2.35. The van der Waals surface area contributed by atoms with Crippen molar-refractivity contribution in [2.45, 2.75) is 13.5 Å². The van der Waals surface area contributed by atoms with Gasteiger partial charge in [0.2, 0.25) is 11.7 Å². The highest BCUT2D eigenvalue weighted by molar-refractivity contribution is 6.33. The molecular formula is C17H13ClFN3O2. The minimum absolute atomic E-state index is 0.0254. The number of carbonyl (C=O) groups excluding carboxylic acids is 1. The van der Waals surface area contributed by atoms with Crippen LogP contribution < -0.4 is 5.32 Å². The standard InChI is InChI=1S/C17H13ClFN3O2/c1-10-5-7-11(8-6-10)16-21-14(24-22-16)9-20-17(23)15-12(18)3-2-4-13(15)19/h2-8H,9H2,1H3,(H,20,23). The summed E-state index contributed by atoms with van der Waals surface area (Å²) in [5.41, 5.74) is 1.72. The van der Waals surface area contributed by atoms with Crippen LogP contribution in [-0.4, -0.2) is 16.0 Å². The summed E-state index contributed by atoms with van der Waals surface area (Å²) in [6.45, 7) is 1.96. The molecule has 1 aromatic heterocycles. The highest BCUT2D eigenvalue weighted by Crippen LogP contribution is 2.19. The molecule has 24 heavy (non-hydrogen) atoms. The second kappa shape index (κ2) is 6.80. The van der Waals surface area contributed by atoms with Crippen molar-refractivity contribution >= 4 is 17.5 Å². The molecule has 0 aliphatic carbocycles. The second-order valence-electron chi connectivity index (χ2n) is 5.16. The molecule has 1 heterocycles. The summed E-state index contributed by atoms with van der Waals surface area (Å²) in [7, 11) is 0. The number of benzene rings is 2. The van der Waals surface area contributed by atoms with Gasteiger partial charge in [0.1, 0.15) is 5.82 Å². The number of aromatic nitrogens is 2. The first-order chi connectivity index (χ1) is 11.5. The van der Waals surface area contributed by atoms with E-state index in [0.29, 0.717) is 5.82 Å². The summed E-state index contributed by atoms with van der Waals surface area (Å²) < 4.78 is 18.8. The van der Waals surface area contributed by atoms with Crippen molar-refractivity contribution in [3.05, 3.63) is 70.3 Å². The fraction of sp³-hybridized carbons (Fsp3) is 0.118. The summed E-state index contributed by atoms with van der Waals surface area (Å²) in [5, 5.41) is 6.42. The molecule has 5 nitrogen and oxygen atoms in total. The Morgan fingerprint density at radius 3 is 2.71 bits per heavy atom. The maximum atomic E-state index is 13.7. The largest absolute Gasteiger partial charge is 0.343 e. The highest BCUT2D eigenvalue weighted by atomic mass is 35.5. The summed E-state index contributed by atoms with van der Waals surface area (Å²) in [6, 6.07) is 11.7. The number of carbonyl (C=O) groups is 1. The van der Waals surface area contributed by atoms with Gasteiger partial charge in [0.05, 0.1) is 17.1 Å². The average Bonchev–Trinajstić information content (AvgIpc) is 3.02. The van der Waals surface area contributed by atoms with E-state index in [1.54, 1.807) is 0 Å². The molecule has 122 valence electrons. The van der Waals surface area contributed by atoms with Crippen LogP contribution >= 0.6 is 11.6 Å². The van der Waals surface area contributed by atoms with E-state index in [1.807, 2.05) is 31.2 Å². The lowest BCUT2D eigenvalue weighted by Crippen LogP contribution is -2.24. The molecular weight excluding hydrogens is 333 g/mol. The summed E-state index contributed by atoms with van der Waals surface area (Å²) in [6.07, 6.45) is 0. The first-order valence-electron chi connectivity index (χ1n) is 7.16. The van der Waals surface area contributed by atoms with Gasteiger partial charge >= 0.3 is 0 Å². The van der Waals surface area contributed by atoms with E-state index in [9.17, 15) is 9.18 Å². The van der Waals surface area contributed by atoms with Gasteiger partial charge in [-0.3, -0.25) is 4.79 Å². The number of nitrogens with one attached hydrogen (secondary N) is 1. The van der Waals surface area contributed by atoms with Crippen LogP contribution in [0.3, 0.4) is 0 Å². The summed E-state index contributed by atoms with van der Waals surface area (Å²) in [4.78, 5) is 16.2. The molecule has 2 aromatic carbocycles. The monoisotopic (exact) mass is 345 g/mol. The van der Waals surface area contributed by atoms with E-state index in [-0.39, 0.29) is 23.0 Å². The van der Waals surface area contributed by atoms with Crippen LogP contribution in [0.15, 0.2) is 47.0 Å². The third-order valence-corrected chi connectivity index (χ3v) is 3.68. The molecule has 0 aliphatic rings. The minimum atomic E-state index is -0.689. The van der Waals surface area contributed by atoms with Crippen molar-refractivity contribution in [1.29, 1.82) is 0 Å². The van der Waals surface area contributed by atoms with Crippen LogP contribution in [-0.2, 0) is 6.54 Å². The molecule has 0 saturated heterocycles. The Balaban J connectivity index is 1.69. The zero-order valence-corrected chi connectivity index (χ0v) is 13.5. The van der Waals surface area contributed by atoms with Crippen LogP contribution in [0.2, 0.25) is 5.02 Å². The lowest BCUT2D eigenvalue weighted by molar-refractivity contribution is 0.0942. The molecule has 0 saturated carbocycles. The fourth-order valence-electron chi connectivity index (χ4n) is 2.11. The van der Waals surface area contributed by atoms with Crippen LogP contribution in [0.4, 0.5) is 4.39 Å². The number of halogens is 2. The Labute approximate surface area is 142 Å². The van der Waals surface area contributed by atoms with Crippen LogP contribution in [0.1, 0.15) is 21.8 Å². The Kier molecular flexibility index (Phi) is 4.57. The quantitative estimate of drug-likeness (QED) is 0.781. The summed E-state index contributed by atoms with van der Waals surface area (Å²) in [5.74, 6) is -0.700. The molecule has 7 heteroatoms. The van der Waals surface area contributed by atoms with Crippen molar-refractivity contribution < 1.29 is 13.7 Å². The molecule has 1 N–H and O–H groups in total. The van der Waals surface area contributed by atoms with Gasteiger partial charge in [-0.05, 0) is 19.1 Å². The van der Waals surface area contributed by atoms with Crippen LogP contribution in [0, 0.1) is 12.7 Å². The third-order valence-electron chi connectivity index (χ3n) is 3.37. The van der Waals surface area contributed by atoms with Gasteiger partial charge in [-0.1, -0.05) is 52.7 Å². The van der Waals surface area contributed by atoms with Gasteiger partial charge in [-0.2, -0.15) is 4.98 Å². The Morgan fingerprint density at radius 1 is 1.25 bits per heavy atom. The number of rotatable bonds is 4. The Bertz CT molecular complexity index is 858. The van der Waals surface area contributed by atoms with Gasteiger partial charge in [0, 0.05) is 5.56 Å². The van der Waals surface area contributed by atoms with E-state index in [4.69, 9.17) is 16.1 Å². The van der Waals surface area contributed by atoms with Crippen molar-refractivity contribution in [3.63, 3.8) is 0 Å². The third kappa shape index (κ3) is 3.44. The zero-order chi connectivity index (χ0) is 17.1. The van der Waals surface area contributed by atoms with Gasteiger partial charge in [-0.25, -0.2) is 4.39 Å². The average molecular weight is 346 g/mol. The van der Waals surface area contributed by atoms with Crippen molar-refractivity contribution in [1.82, 2.24) is 15.5 Å². The smallest absolute Gasteiger partial charge is 0.256 e. The lowest BCUT2D eigenvalue weighted by atomic mass is 10.1. The van der Waals surface area contributed by atoms with Crippen molar-refractivity contribution in [2.75, 3.05) is 0 Å². The zero-order valence-electron chi connectivity index (χ0n) is 12.7. The number of hydrogen-bond donors (Lipinski definition) is 1. The molecule has 3 aromatic rings. The normalized spacial score (nSPS) is 10.6. The molecule has 0 bridgehead atoms. The molecule has 0 spiro atoms. The molecule has 0 aliphatic heterocycles. The van der Waals surface area contributed by atoms with E-state index >= 15 is 0 Å². The van der Waals surface area contributed by atoms with Crippen molar-refractivity contribution in [2.24, 2.45) is 0 Å². The molecule has 0 unspecified atom stereocenters. The topological polar surface area (TPSA) is 68.0 Å². The first kappa shape index (κ1) is 16.1. The highest BCUT2D eigenvalue weighted by Gasteiger charge is 2.16. The summed E-state index contributed by atoms with van der Waals surface area (Å²) >= 11 is 5.85. The SMILES string of the molecule is Cc1ccc(-c2noc(CNC(=O)c3c(F)cccc3Cl)n2)cc1. The van der Waals surface area contributed by atoms with Crippen molar-refractivity contribution in [3.8, 4) is 11.4 Å². The van der Waals surface area contributed by atoms with Gasteiger partial charge in [-0.15, -0.1) is 0 Å². The van der Waals surface area contributed by atoms with E-state index < -0.39 is 11.7 Å². The molecule has 0 radical (unpaired) electrons. The maximum Gasteiger partial charge on any atom is 0.256 e. The van der Waals surface area contributed by atoms with E-state index in [0.717, 1.165) is 11.1 Å². The van der Waals surface area contributed by atoms with Gasteiger partial charge in [0.25, 0.3) is 5.91 Å². The van der Waals surface area contributed by atoms with E-state index in [1.165, 1.54) is 18.2 Å². The van der Waals surface area contributed by atoms with Gasteiger partial charge < -0.3 is 9.84 Å². The van der Waals surface area contributed by atoms with E-state index in [2.05, 4.69) is 15.5 Å². The number of nitrogens with zero attached hydrogens (tertiary/aromatic N) is 2. The van der Waals surface area contributed by atoms with Crippen LogP contribution in [0.25, 0.3) is 11.4 Å². The molecule has 3 rings (SSSR count). The number of hydrogen-bond acceptors (Lipinski definition) is 4. The second-order valence-corrected chi connectivity index (χ2v) is 5.56. The number of amides is 1. The lowest BCUT2D eigenvalue weighted by Gasteiger charge is -2.05. The maximum absolute atomic E-state index is 13.7. The van der Waals surface area contributed by atoms with Crippen LogP contribution in [0.5, 0.6) is 0 Å². The molecule has 1 amide bonds. The molecule has 0 atom stereocenters.